The van der Waals surface area contributed by atoms with Crippen LogP contribution in [0, 0.1) is 0 Å². The molecule has 4 aromatic rings. The fraction of sp³-hybridized carbons (Fsp3) is 0.0357. The Morgan fingerprint density at radius 2 is 1.37 bits per heavy atom. The van der Waals surface area contributed by atoms with Gasteiger partial charge in [0.1, 0.15) is 23.0 Å². The van der Waals surface area contributed by atoms with Gasteiger partial charge in [-0.25, -0.2) is 4.79 Å². The van der Waals surface area contributed by atoms with Crippen LogP contribution in [0.2, 0.25) is 0 Å². The first-order valence-electron chi connectivity index (χ1n) is 10.8. The van der Waals surface area contributed by atoms with Crippen molar-refractivity contribution in [1.82, 2.24) is 0 Å². The lowest BCUT2D eigenvalue weighted by Gasteiger charge is -2.15. The molecule has 0 atom stereocenters. The summed E-state index contributed by atoms with van der Waals surface area (Å²) in [5.41, 5.74) is 3.48. The Bertz CT molecular complexity index is 1340. The molecule has 0 bridgehead atoms. The van der Waals surface area contributed by atoms with Crippen LogP contribution in [0.1, 0.15) is 11.1 Å². The summed E-state index contributed by atoms with van der Waals surface area (Å²) in [5.74, 6) is 1.18. The Labute approximate surface area is 202 Å². The molecule has 0 aliphatic heterocycles. The van der Waals surface area contributed by atoms with Crippen molar-refractivity contribution in [3.8, 4) is 23.0 Å². The first-order valence-corrected chi connectivity index (χ1v) is 10.8. The Morgan fingerprint density at radius 3 is 2.03 bits per heavy atom. The first kappa shape index (κ1) is 23.3. The number of carbonyl (C=O) groups excluding carboxylic acids is 1. The van der Waals surface area contributed by atoms with E-state index in [1.807, 2.05) is 36.4 Å². The van der Waals surface area contributed by atoms with Crippen LogP contribution in [0.5, 0.6) is 23.0 Å². The second kappa shape index (κ2) is 10.8. The number of nitrogens with one attached hydrogen (secondary N) is 2. The first-order chi connectivity index (χ1) is 16.9. The number of hydrogen-bond acceptors (Lipinski definition) is 6. The number of anilines is 2. The van der Waals surface area contributed by atoms with Gasteiger partial charge in [-0.15, -0.1) is 0 Å². The van der Waals surface area contributed by atoms with Gasteiger partial charge in [0.2, 0.25) is 0 Å². The number of hydrogen-bond donors (Lipinski definition) is 4. The standard InChI is InChI=1S/C28H24N2O5/c1-19(34-25-9-4-7-23(31)17-25)29-27-11-3-2-6-21(27)16-20-12-14-22(15-13-20)30-28(33)35-26-10-5-8-24(32)18-26/h2-15,17-18,29,31-32H,1,16H2,(H,30,33). The second-order valence-corrected chi connectivity index (χ2v) is 7.69. The third-order valence-electron chi connectivity index (χ3n) is 4.97. The molecule has 0 saturated heterocycles. The van der Waals surface area contributed by atoms with Crippen LogP contribution in [0.15, 0.2) is 110 Å². The van der Waals surface area contributed by atoms with E-state index in [1.165, 1.54) is 18.2 Å². The van der Waals surface area contributed by atoms with Gasteiger partial charge in [0.15, 0.2) is 5.88 Å². The molecule has 7 nitrogen and oxygen atoms in total. The van der Waals surface area contributed by atoms with Crippen LogP contribution in [-0.2, 0) is 6.42 Å². The van der Waals surface area contributed by atoms with Crippen LogP contribution in [0.4, 0.5) is 16.2 Å². The molecule has 0 saturated carbocycles. The van der Waals surface area contributed by atoms with E-state index in [2.05, 4.69) is 17.2 Å². The minimum absolute atomic E-state index is 0.0175. The topological polar surface area (TPSA) is 100 Å². The number of aromatic hydroxyl groups is 2. The monoisotopic (exact) mass is 468 g/mol. The molecule has 0 fully saturated rings. The van der Waals surface area contributed by atoms with E-state index in [0.29, 0.717) is 23.7 Å². The SMILES string of the molecule is C=C(Nc1ccccc1Cc1ccc(NC(=O)Oc2cccc(O)c2)cc1)Oc1cccc(O)c1. The van der Waals surface area contributed by atoms with Gasteiger partial charge >= 0.3 is 6.09 Å². The molecule has 0 unspecified atom stereocenters. The van der Waals surface area contributed by atoms with Gasteiger partial charge < -0.3 is 25.0 Å². The Morgan fingerprint density at radius 1 is 0.743 bits per heavy atom. The van der Waals surface area contributed by atoms with E-state index in [0.717, 1.165) is 16.8 Å². The van der Waals surface area contributed by atoms with Crippen LogP contribution >= 0.6 is 0 Å². The molecule has 35 heavy (non-hydrogen) atoms. The molecule has 0 heterocycles. The van der Waals surface area contributed by atoms with Gasteiger partial charge in [-0.2, -0.15) is 0 Å². The van der Waals surface area contributed by atoms with E-state index in [-0.39, 0.29) is 17.2 Å². The van der Waals surface area contributed by atoms with Crippen molar-refractivity contribution in [2.45, 2.75) is 6.42 Å². The van der Waals surface area contributed by atoms with E-state index in [4.69, 9.17) is 9.47 Å². The molecule has 4 aromatic carbocycles. The largest absolute Gasteiger partial charge is 0.508 e. The number of carbonyl (C=O) groups is 1. The smallest absolute Gasteiger partial charge is 0.417 e. The summed E-state index contributed by atoms with van der Waals surface area (Å²) in [6.45, 7) is 3.92. The predicted molar refractivity (Wildman–Crippen MR) is 135 cm³/mol. The van der Waals surface area contributed by atoms with Gasteiger partial charge in [0.05, 0.1) is 0 Å². The van der Waals surface area contributed by atoms with Gasteiger partial charge in [0.25, 0.3) is 0 Å². The zero-order valence-electron chi connectivity index (χ0n) is 18.8. The molecular formula is C28H24N2O5. The number of rotatable bonds is 8. The van der Waals surface area contributed by atoms with Crippen molar-refractivity contribution in [1.29, 1.82) is 0 Å². The van der Waals surface area contributed by atoms with Crippen LogP contribution < -0.4 is 20.1 Å². The molecule has 0 spiro atoms. The number of para-hydroxylation sites is 1. The molecule has 0 aromatic heterocycles. The molecule has 0 radical (unpaired) electrons. The van der Waals surface area contributed by atoms with Gasteiger partial charge in [-0.1, -0.05) is 42.5 Å². The lowest BCUT2D eigenvalue weighted by molar-refractivity contribution is 0.215. The maximum absolute atomic E-state index is 12.1. The highest BCUT2D eigenvalue weighted by molar-refractivity contribution is 5.86. The molecule has 7 heteroatoms. The normalized spacial score (nSPS) is 10.3. The molecule has 4 rings (SSSR count). The van der Waals surface area contributed by atoms with E-state index < -0.39 is 6.09 Å². The Balaban J connectivity index is 1.36. The molecule has 176 valence electrons. The zero-order chi connectivity index (χ0) is 24.6. The molecule has 1 amide bonds. The highest BCUT2D eigenvalue weighted by atomic mass is 16.6. The van der Waals surface area contributed by atoms with Gasteiger partial charge in [0, 0.05) is 23.5 Å². The molecular weight excluding hydrogens is 444 g/mol. The number of phenols is 2. The summed E-state index contributed by atoms with van der Waals surface area (Å²) in [5, 5.41) is 24.9. The van der Waals surface area contributed by atoms with Crippen LogP contribution in [-0.4, -0.2) is 16.3 Å². The highest BCUT2D eigenvalue weighted by Crippen LogP contribution is 2.24. The summed E-state index contributed by atoms with van der Waals surface area (Å²) in [6.07, 6.45) is -0.0144. The van der Waals surface area contributed by atoms with Crippen LogP contribution in [0.25, 0.3) is 0 Å². The number of phenolic OH excluding ortho intramolecular Hbond substituents is 2. The summed E-state index contributed by atoms with van der Waals surface area (Å²) < 4.78 is 10.8. The van der Waals surface area contributed by atoms with Crippen molar-refractivity contribution in [2.24, 2.45) is 0 Å². The van der Waals surface area contributed by atoms with Crippen molar-refractivity contribution in [3.05, 3.63) is 121 Å². The van der Waals surface area contributed by atoms with E-state index >= 15 is 0 Å². The molecule has 0 aliphatic carbocycles. The zero-order valence-corrected chi connectivity index (χ0v) is 18.8. The summed E-state index contributed by atoms with van der Waals surface area (Å²) in [6, 6.07) is 27.7. The van der Waals surface area contributed by atoms with Crippen molar-refractivity contribution in [2.75, 3.05) is 10.6 Å². The average molecular weight is 469 g/mol. The van der Waals surface area contributed by atoms with E-state index in [9.17, 15) is 15.0 Å². The van der Waals surface area contributed by atoms with Crippen molar-refractivity contribution < 1.29 is 24.5 Å². The average Bonchev–Trinajstić information content (AvgIpc) is 2.81. The summed E-state index contributed by atoms with van der Waals surface area (Å²) >= 11 is 0. The quantitative estimate of drug-likeness (QED) is 0.228. The second-order valence-electron chi connectivity index (χ2n) is 7.69. The highest BCUT2D eigenvalue weighted by Gasteiger charge is 2.08. The number of ether oxygens (including phenoxy) is 2. The lowest BCUT2D eigenvalue weighted by Crippen LogP contribution is -2.16. The number of amides is 1. The fourth-order valence-corrected chi connectivity index (χ4v) is 3.38. The lowest BCUT2D eigenvalue weighted by atomic mass is 10.0. The number of benzene rings is 4. The Kier molecular flexibility index (Phi) is 7.18. The fourth-order valence-electron chi connectivity index (χ4n) is 3.38. The maximum atomic E-state index is 12.1. The van der Waals surface area contributed by atoms with Crippen LogP contribution in [0.3, 0.4) is 0 Å². The minimum atomic E-state index is -0.650. The molecule has 4 N–H and O–H groups in total. The minimum Gasteiger partial charge on any atom is -0.508 e. The Hall–Kier alpha value is -4.91. The van der Waals surface area contributed by atoms with E-state index in [1.54, 1.807) is 42.5 Å². The maximum Gasteiger partial charge on any atom is 0.417 e. The third-order valence-corrected chi connectivity index (χ3v) is 4.97. The van der Waals surface area contributed by atoms with Gasteiger partial charge in [-0.05, 0) is 66.6 Å². The van der Waals surface area contributed by atoms with Gasteiger partial charge in [-0.3, -0.25) is 5.32 Å². The molecule has 0 aliphatic rings. The third kappa shape index (κ3) is 6.79. The van der Waals surface area contributed by atoms with Crippen molar-refractivity contribution >= 4 is 17.5 Å². The summed E-state index contributed by atoms with van der Waals surface area (Å²) in [7, 11) is 0. The summed E-state index contributed by atoms with van der Waals surface area (Å²) in [4.78, 5) is 12.1. The predicted octanol–water partition coefficient (Wildman–Crippen LogP) is 6.26. The van der Waals surface area contributed by atoms with Crippen molar-refractivity contribution in [3.63, 3.8) is 0 Å².